The average Bonchev–Trinajstić information content (AvgIpc) is 2.68. The van der Waals surface area contributed by atoms with E-state index in [0.717, 1.165) is 30.6 Å². The summed E-state index contributed by atoms with van der Waals surface area (Å²) >= 11 is 0. The van der Waals surface area contributed by atoms with Crippen molar-refractivity contribution in [3.8, 4) is 17.5 Å². The number of rotatable bonds is 5. The number of nitrogens with one attached hydrogen (secondary N) is 2. The molecule has 0 saturated carbocycles. The Labute approximate surface area is 152 Å². The van der Waals surface area contributed by atoms with E-state index in [4.69, 9.17) is 14.2 Å². The van der Waals surface area contributed by atoms with Crippen molar-refractivity contribution in [3.63, 3.8) is 0 Å². The van der Waals surface area contributed by atoms with Gasteiger partial charge in [-0.3, -0.25) is 0 Å². The monoisotopic (exact) mass is 357 g/mol. The molecule has 26 heavy (non-hydrogen) atoms. The van der Waals surface area contributed by atoms with Gasteiger partial charge >= 0.3 is 6.03 Å². The second-order valence-electron chi connectivity index (χ2n) is 6.02. The number of benzene rings is 1. The number of nitrogens with zero attached hydrogens (tertiary/aromatic N) is 1. The van der Waals surface area contributed by atoms with Gasteiger partial charge in [0.05, 0.1) is 27.4 Å². The maximum atomic E-state index is 12.5. The molecule has 1 atom stereocenters. The molecule has 1 aliphatic rings. The fourth-order valence-corrected chi connectivity index (χ4v) is 3.17. The summed E-state index contributed by atoms with van der Waals surface area (Å²) in [5.74, 6) is 1.55. The summed E-state index contributed by atoms with van der Waals surface area (Å²) in [6.07, 6.45) is 2.89. The number of urea groups is 1. The first-order valence-electron chi connectivity index (χ1n) is 8.48. The van der Waals surface area contributed by atoms with E-state index >= 15 is 0 Å². The lowest BCUT2D eigenvalue weighted by Gasteiger charge is -2.27. The molecule has 0 fully saturated rings. The Balaban J connectivity index is 1.72. The summed E-state index contributed by atoms with van der Waals surface area (Å²) < 4.78 is 15.6. The van der Waals surface area contributed by atoms with Gasteiger partial charge in [-0.15, -0.1) is 0 Å². The Bertz CT molecular complexity index is 794. The highest BCUT2D eigenvalue weighted by atomic mass is 16.5. The summed E-state index contributed by atoms with van der Waals surface area (Å²) in [7, 11) is 4.68. The van der Waals surface area contributed by atoms with Crippen LogP contribution < -0.4 is 24.8 Å². The fraction of sp³-hybridized carbons (Fsp3) is 0.368. The molecule has 0 radical (unpaired) electrons. The number of ether oxygens (including phenoxy) is 3. The summed E-state index contributed by atoms with van der Waals surface area (Å²) in [5, 5.41) is 5.83. The van der Waals surface area contributed by atoms with Crippen molar-refractivity contribution < 1.29 is 19.0 Å². The van der Waals surface area contributed by atoms with Crippen LogP contribution in [0, 0.1) is 0 Å². The molecular formula is C19H23N3O4. The van der Waals surface area contributed by atoms with E-state index in [1.165, 1.54) is 19.8 Å². The summed E-state index contributed by atoms with van der Waals surface area (Å²) in [4.78, 5) is 16.6. The van der Waals surface area contributed by atoms with E-state index in [0.29, 0.717) is 17.4 Å². The number of anilines is 1. The number of hydrogen-bond acceptors (Lipinski definition) is 5. The maximum Gasteiger partial charge on any atom is 0.319 e. The predicted octanol–water partition coefficient (Wildman–Crippen LogP) is 3.31. The number of aromatic nitrogens is 1. The van der Waals surface area contributed by atoms with Gasteiger partial charge in [0, 0.05) is 6.07 Å². The standard InChI is InChI=1S/C19H23N3O4/c1-24-13-7-8-14-12(11-13)5-4-6-15(14)20-19(23)21-16-9-10-17(25-2)22-18(16)26-3/h7-11,15H,4-6H2,1-3H3,(H2,20,21,23). The molecule has 0 bridgehead atoms. The first-order chi connectivity index (χ1) is 12.6. The molecule has 1 aromatic heterocycles. The van der Waals surface area contributed by atoms with Gasteiger partial charge in [0.15, 0.2) is 0 Å². The van der Waals surface area contributed by atoms with Crippen molar-refractivity contribution in [1.29, 1.82) is 0 Å². The lowest BCUT2D eigenvalue weighted by Crippen LogP contribution is -2.34. The van der Waals surface area contributed by atoms with Gasteiger partial charge in [0.1, 0.15) is 11.4 Å². The van der Waals surface area contributed by atoms with Crippen molar-refractivity contribution >= 4 is 11.7 Å². The Kier molecular flexibility index (Phi) is 5.46. The molecule has 138 valence electrons. The summed E-state index contributed by atoms with van der Waals surface area (Å²) in [5.41, 5.74) is 2.83. The molecule has 0 aliphatic heterocycles. The molecule has 1 aromatic carbocycles. The van der Waals surface area contributed by atoms with Crippen LogP contribution in [0.3, 0.4) is 0 Å². The zero-order valence-electron chi connectivity index (χ0n) is 15.2. The number of amides is 2. The highest BCUT2D eigenvalue weighted by Gasteiger charge is 2.22. The third-order valence-corrected chi connectivity index (χ3v) is 4.46. The second kappa shape index (κ2) is 7.95. The second-order valence-corrected chi connectivity index (χ2v) is 6.02. The molecule has 7 nitrogen and oxygen atoms in total. The Morgan fingerprint density at radius 2 is 1.96 bits per heavy atom. The normalized spacial score (nSPS) is 15.6. The van der Waals surface area contributed by atoms with Gasteiger partial charge in [-0.05, 0) is 48.6 Å². The number of pyridine rings is 1. The molecule has 1 unspecified atom stereocenters. The van der Waals surface area contributed by atoms with Crippen molar-refractivity contribution in [2.75, 3.05) is 26.6 Å². The van der Waals surface area contributed by atoms with Crippen LogP contribution in [0.25, 0.3) is 0 Å². The highest BCUT2D eigenvalue weighted by Crippen LogP contribution is 2.32. The Morgan fingerprint density at radius 1 is 1.12 bits per heavy atom. The molecule has 0 spiro atoms. The summed E-state index contributed by atoms with van der Waals surface area (Å²) in [6, 6.07) is 9.01. The number of hydrogen-bond donors (Lipinski definition) is 2. The Hall–Kier alpha value is -2.96. The molecule has 2 aromatic rings. The molecule has 3 rings (SSSR count). The first kappa shape index (κ1) is 17.8. The van der Waals surface area contributed by atoms with E-state index < -0.39 is 0 Å². The van der Waals surface area contributed by atoms with Crippen LogP contribution in [0.4, 0.5) is 10.5 Å². The molecule has 2 N–H and O–H groups in total. The van der Waals surface area contributed by atoms with Crippen LogP contribution in [0.5, 0.6) is 17.5 Å². The number of fused-ring (bicyclic) bond motifs is 1. The van der Waals surface area contributed by atoms with E-state index in [-0.39, 0.29) is 12.1 Å². The van der Waals surface area contributed by atoms with Gasteiger partial charge in [-0.1, -0.05) is 6.07 Å². The maximum absolute atomic E-state index is 12.5. The van der Waals surface area contributed by atoms with Crippen LogP contribution in [0.2, 0.25) is 0 Å². The van der Waals surface area contributed by atoms with Crippen molar-refractivity contribution in [1.82, 2.24) is 10.3 Å². The molecule has 2 amide bonds. The van der Waals surface area contributed by atoms with Crippen LogP contribution in [0.15, 0.2) is 30.3 Å². The highest BCUT2D eigenvalue weighted by molar-refractivity contribution is 5.90. The molecule has 0 saturated heterocycles. The lowest BCUT2D eigenvalue weighted by molar-refractivity contribution is 0.247. The SMILES string of the molecule is COc1ccc2c(c1)CCCC2NC(=O)Nc1ccc(OC)nc1OC. The molecule has 1 heterocycles. The van der Waals surface area contributed by atoms with Gasteiger partial charge in [-0.2, -0.15) is 4.98 Å². The van der Waals surface area contributed by atoms with Gasteiger partial charge in [-0.25, -0.2) is 4.79 Å². The minimum absolute atomic E-state index is 0.0399. The van der Waals surface area contributed by atoms with Crippen LogP contribution in [-0.2, 0) is 6.42 Å². The largest absolute Gasteiger partial charge is 0.497 e. The van der Waals surface area contributed by atoms with Gasteiger partial charge in [0.2, 0.25) is 11.8 Å². The number of methoxy groups -OCH3 is 3. The van der Waals surface area contributed by atoms with Gasteiger partial charge in [0.25, 0.3) is 0 Å². The minimum Gasteiger partial charge on any atom is -0.497 e. The zero-order valence-corrected chi connectivity index (χ0v) is 15.2. The first-order valence-corrected chi connectivity index (χ1v) is 8.48. The zero-order chi connectivity index (χ0) is 18.5. The predicted molar refractivity (Wildman–Crippen MR) is 98.2 cm³/mol. The Morgan fingerprint density at radius 3 is 2.69 bits per heavy atom. The van der Waals surface area contributed by atoms with Crippen LogP contribution in [-0.4, -0.2) is 32.3 Å². The number of aryl methyl sites for hydroxylation is 1. The average molecular weight is 357 g/mol. The number of carbonyl (C=O) groups excluding carboxylic acids is 1. The van der Waals surface area contributed by atoms with E-state index in [1.807, 2.05) is 18.2 Å². The van der Waals surface area contributed by atoms with Crippen molar-refractivity contribution in [3.05, 3.63) is 41.5 Å². The molecule has 1 aliphatic carbocycles. The van der Waals surface area contributed by atoms with Gasteiger partial charge < -0.3 is 24.8 Å². The number of carbonyl (C=O) groups is 1. The lowest BCUT2D eigenvalue weighted by atomic mass is 9.87. The minimum atomic E-state index is -0.302. The summed E-state index contributed by atoms with van der Waals surface area (Å²) in [6.45, 7) is 0. The fourth-order valence-electron chi connectivity index (χ4n) is 3.17. The quantitative estimate of drug-likeness (QED) is 0.858. The molecule has 7 heteroatoms. The smallest absolute Gasteiger partial charge is 0.319 e. The van der Waals surface area contributed by atoms with Crippen molar-refractivity contribution in [2.45, 2.75) is 25.3 Å². The third-order valence-electron chi connectivity index (χ3n) is 4.46. The van der Waals surface area contributed by atoms with E-state index in [2.05, 4.69) is 15.6 Å². The van der Waals surface area contributed by atoms with E-state index in [9.17, 15) is 4.79 Å². The third kappa shape index (κ3) is 3.82. The molecular weight excluding hydrogens is 334 g/mol. The topological polar surface area (TPSA) is 81.7 Å². The van der Waals surface area contributed by atoms with Crippen molar-refractivity contribution in [2.24, 2.45) is 0 Å². The van der Waals surface area contributed by atoms with Crippen LogP contribution in [0.1, 0.15) is 30.0 Å². The van der Waals surface area contributed by atoms with Crippen LogP contribution >= 0.6 is 0 Å². The van der Waals surface area contributed by atoms with E-state index in [1.54, 1.807) is 19.2 Å².